The number of carbonyl (C=O) groups is 1. The molecule has 1 heterocycles. The normalized spacial score (nSPS) is 11.5. The number of carbonyl (C=O) groups excluding carboxylic acids is 1. The van der Waals surface area contributed by atoms with Gasteiger partial charge in [0, 0.05) is 11.9 Å². The predicted molar refractivity (Wildman–Crippen MR) is 53.6 cm³/mol. The smallest absolute Gasteiger partial charge is 0.329 e. The molecule has 0 aliphatic heterocycles. The fourth-order valence-corrected chi connectivity index (χ4v) is 1.09. The first kappa shape index (κ1) is 11.0. The number of pyridine rings is 1. The van der Waals surface area contributed by atoms with Crippen molar-refractivity contribution in [2.45, 2.75) is 12.8 Å². The molecular weight excluding hydrogens is 194 g/mol. The molecule has 0 bridgehead atoms. The van der Waals surface area contributed by atoms with Crippen LogP contribution in [0.4, 0.5) is 5.69 Å². The zero-order chi connectivity index (χ0) is 11.3. The Morgan fingerprint density at radius 2 is 2.53 bits per heavy atom. The maximum atomic E-state index is 11.4. The van der Waals surface area contributed by atoms with Crippen molar-refractivity contribution in [1.82, 2.24) is 4.98 Å². The molecule has 78 valence electrons. The van der Waals surface area contributed by atoms with Crippen LogP contribution in [0.2, 0.25) is 0 Å². The van der Waals surface area contributed by atoms with E-state index in [9.17, 15) is 4.79 Å². The molecule has 0 fully saturated rings. The monoisotopic (exact) mass is 205 g/mol. The van der Waals surface area contributed by atoms with Gasteiger partial charge in [-0.3, -0.25) is 9.78 Å². The van der Waals surface area contributed by atoms with E-state index in [4.69, 9.17) is 15.7 Å². The Kier molecular flexibility index (Phi) is 3.63. The molecule has 1 atom stereocenters. The summed E-state index contributed by atoms with van der Waals surface area (Å²) in [6.07, 6.45) is 1.45. The van der Waals surface area contributed by atoms with Crippen LogP contribution in [0.5, 0.6) is 0 Å². The highest BCUT2D eigenvalue weighted by molar-refractivity contribution is 5.80. The molecule has 0 spiro atoms. The Balaban J connectivity index is 2.93. The SMILES string of the molecule is CCOC(=O)[C@H](C#N)c1cc(N)ccn1. The van der Waals surface area contributed by atoms with Crippen molar-refractivity contribution in [3.05, 3.63) is 24.0 Å². The first-order valence-electron chi connectivity index (χ1n) is 4.46. The summed E-state index contributed by atoms with van der Waals surface area (Å²) in [6.45, 7) is 1.92. The standard InChI is InChI=1S/C10H11N3O2/c1-2-15-10(14)8(6-11)9-5-7(12)3-4-13-9/h3-5,8H,2H2,1H3,(H2,12,13)/t8-/m1/s1. The Morgan fingerprint density at radius 3 is 3.07 bits per heavy atom. The number of nitrogens with zero attached hydrogens (tertiary/aromatic N) is 2. The zero-order valence-electron chi connectivity index (χ0n) is 8.30. The maximum absolute atomic E-state index is 11.4. The van der Waals surface area contributed by atoms with E-state index in [1.165, 1.54) is 12.3 Å². The van der Waals surface area contributed by atoms with Crippen molar-refractivity contribution in [3.63, 3.8) is 0 Å². The van der Waals surface area contributed by atoms with Crippen molar-refractivity contribution < 1.29 is 9.53 Å². The Bertz CT molecular complexity index is 398. The van der Waals surface area contributed by atoms with Gasteiger partial charge >= 0.3 is 5.97 Å². The molecule has 0 amide bonds. The summed E-state index contributed by atoms with van der Waals surface area (Å²) in [5.41, 5.74) is 6.30. The molecule has 1 rings (SSSR count). The summed E-state index contributed by atoms with van der Waals surface area (Å²) in [6, 6.07) is 4.91. The van der Waals surface area contributed by atoms with E-state index in [1.54, 1.807) is 13.0 Å². The van der Waals surface area contributed by atoms with Gasteiger partial charge in [-0.25, -0.2) is 0 Å². The van der Waals surface area contributed by atoms with Crippen LogP contribution < -0.4 is 5.73 Å². The predicted octanol–water partition coefficient (Wildman–Crippen LogP) is 0.834. The number of hydrogen-bond acceptors (Lipinski definition) is 5. The van der Waals surface area contributed by atoms with Gasteiger partial charge in [-0.15, -0.1) is 0 Å². The average molecular weight is 205 g/mol. The lowest BCUT2D eigenvalue weighted by Gasteiger charge is -2.07. The molecule has 1 aromatic rings. The second-order valence-corrected chi connectivity index (χ2v) is 2.83. The Labute approximate surface area is 87.5 Å². The number of esters is 1. The molecule has 1 aromatic heterocycles. The minimum Gasteiger partial charge on any atom is -0.465 e. The van der Waals surface area contributed by atoms with Crippen LogP contribution in [-0.4, -0.2) is 17.6 Å². The van der Waals surface area contributed by atoms with Gasteiger partial charge in [0.2, 0.25) is 0 Å². The van der Waals surface area contributed by atoms with E-state index in [1.807, 2.05) is 6.07 Å². The third kappa shape index (κ3) is 2.68. The van der Waals surface area contributed by atoms with Gasteiger partial charge in [-0.05, 0) is 19.1 Å². The topological polar surface area (TPSA) is 89.0 Å². The van der Waals surface area contributed by atoms with Crippen LogP contribution in [0.3, 0.4) is 0 Å². The summed E-state index contributed by atoms with van der Waals surface area (Å²) in [5, 5.41) is 8.84. The fraction of sp³-hybridized carbons (Fsp3) is 0.300. The summed E-state index contributed by atoms with van der Waals surface area (Å²) in [5.74, 6) is -1.61. The van der Waals surface area contributed by atoms with Crippen LogP contribution in [0.1, 0.15) is 18.5 Å². The van der Waals surface area contributed by atoms with E-state index >= 15 is 0 Å². The third-order valence-electron chi connectivity index (χ3n) is 1.75. The number of hydrogen-bond donors (Lipinski definition) is 1. The highest BCUT2D eigenvalue weighted by Gasteiger charge is 2.22. The Hall–Kier alpha value is -2.09. The lowest BCUT2D eigenvalue weighted by atomic mass is 10.1. The number of ether oxygens (including phenoxy) is 1. The Morgan fingerprint density at radius 1 is 1.80 bits per heavy atom. The summed E-state index contributed by atoms with van der Waals surface area (Å²) < 4.78 is 4.75. The van der Waals surface area contributed by atoms with Crippen molar-refractivity contribution >= 4 is 11.7 Å². The number of nitrogen functional groups attached to an aromatic ring is 1. The second kappa shape index (κ2) is 4.96. The number of anilines is 1. The number of nitrogens with two attached hydrogens (primary N) is 1. The van der Waals surface area contributed by atoms with Crippen molar-refractivity contribution in [2.75, 3.05) is 12.3 Å². The minimum atomic E-state index is -1.01. The first-order valence-corrected chi connectivity index (χ1v) is 4.46. The molecule has 5 heteroatoms. The van der Waals surface area contributed by atoms with Crippen LogP contribution >= 0.6 is 0 Å². The highest BCUT2D eigenvalue weighted by atomic mass is 16.5. The minimum absolute atomic E-state index is 0.235. The van der Waals surface area contributed by atoms with Crippen molar-refractivity contribution in [3.8, 4) is 6.07 Å². The van der Waals surface area contributed by atoms with Crippen molar-refractivity contribution in [2.24, 2.45) is 0 Å². The zero-order valence-corrected chi connectivity index (χ0v) is 8.30. The van der Waals surface area contributed by atoms with Crippen molar-refractivity contribution in [1.29, 1.82) is 5.26 Å². The van der Waals surface area contributed by atoms with Gasteiger partial charge in [0.1, 0.15) is 0 Å². The molecular formula is C10H11N3O2. The summed E-state index contributed by atoms with van der Waals surface area (Å²) in [4.78, 5) is 15.3. The maximum Gasteiger partial charge on any atom is 0.329 e. The molecule has 2 N–H and O–H groups in total. The van der Waals surface area contributed by atoms with Crippen LogP contribution in [0.25, 0.3) is 0 Å². The first-order chi connectivity index (χ1) is 7.19. The lowest BCUT2D eigenvalue weighted by Crippen LogP contribution is -2.15. The molecule has 0 aromatic carbocycles. The molecule has 15 heavy (non-hydrogen) atoms. The second-order valence-electron chi connectivity index (χ2n) is 2.83. The van der Waals surface area contributed by atoms with Crippen LogP contribution in [0.15, 0.2) is 18.3 Å². The van der Waals surface area contributed by atoms with Gasteiger partial charge in [0.25, 0.3) is 0 Å². The van der Waals surface area contributed by atoms with Gasteiger partial charge < -0.3 is 10.5 Å². The van der Waals surface area contributed by atoms with Crippen LogP contribution in [0, 0.1) is 11.3 Å². The van der Waals surface area contributed by atoms with E-state index < -0.39 is 11.9 Å². The molecule has 0 saturated heterocycles. The lowest BCUT2D eigenvalue weighted by molar-refractivity contribution is -0.143. The number of nitriles is 1. The molecule has 0 radical (unpaired) electrons. The summed E-state index contributed by atoms with van der Waals surface area (Å²) >= 11 is 0. The number of rotatable bonds is 3. The molecule has 5 nitrogen and oxygen atoms in total. The molecule has 0 saturated carbocycles. The van der Waals surface area contributed by atoms with Gasteiger partial charge in [-0.1, -0.05) is 0 Å². The fourth-order valence-electron chi connectivity index (χ4n) is 1.09. The molecule has 0 unspecified atom stereocenters. The van der Waals surface area contributed by atoms with E-state index in [-0.39, 0.29) is 6.61 Å². The van der Waals surface area contributed by atoms with Gasteiger partial charge in [0.05, 0.1) is 18.4 Å². The largest absolute Gasteiger partial charge is 0.465 e. The van der Waals surface area contributed by atoms with E-state index in [0.29, 0.717) is 11.4 Å². The third-order valence-corrected chi connectivity index (χ3v) is 1.75. The van der Waals surface area contributed by atoms with Gasteiger partial charge in [0.15, 0.2) is 5.92 Å². The molecule has 0 aliphatic rings. The quantitative estimate of drug-likeness (QED) is 0.738. The van der Waals surface area contributed by atoms with Gasteiger partial charge in [-0.2, -0.15) is 5.26 Å². The van der Waals surface area contributed by atoms with E-state index in [0.717, 1.165) is 0 Å². The molecule has 0 aliphatic carbocycles. The number of aromatic nitrogens is 1. The van der Waals surface area contributed by atoms with Crippen LogP contribution in [-0.2, 0) is 9.53 Å². The highest BCUT2D eigenvalue weighted by Crippen LogP contribution is 2.16. The average Bonchev–Trinajstić information content (AvgIpc) is 2.19. The summed E-state index contributed by atoms with van der Waals surface area (Å²) in [7, 11) is 0. The van der Waals surface area contributed by atoms with E-state index in [2.05, 4.69) is 4.98 Å².